The van der Waals surface area contributed by atoms with Gasteiger partial charge in [0.15, 0.2) is 0 Å². The van der Waals surface area contributed by atoms with Crippen LogP contribution in [-0.4, -0.2) is 23.8 Å². The molecule has 0 aliphatic rings. The van der Waals surface area contributed by atoms with Gasteiger partial charge in [0.05, 0.1) is 6.10 Å². The van der Waals surface area contributed by atoms with Crippen molar-refractivity contribution in [3.8, 4) is 0 Å². The van der Waals surface area contributed by atoms with Crippen molar-refractivity contribution in [3.63, 3.8) is 0 Å². The van der Waals surface area contributed by atoms with Crippen molar-refractivity contribution in [2.45, 2.75) is 148 Å². The van der Waals surface area contributed by atoms with Gasteiger partial charge in [0.25, 0.3) is 0 Å². The molecule has 0 rings (SSSR count). The molecule has 0 radical (unpaired) electrons. The van der Waals surface area contributed by atoms with E-state index in [1.54, 1.807) is 0 Å². The van der Waals surface area contributed by atoms with E-state index in [1.165, 1.54) is 96.3 Å². The van der Waals surface area contributed by atoms with Crippen LogP contribution < -0.4 is 0 Å². The van der Waals surface area contributed by atoms with Crippen LogP contribution in [0.3, 0.4) is 0 Å². The number of aliphatic hydroxyl groups excluding tert-OH is 1. The normalized spacial score (nSPS) is 12.2. The summed E-state index contributed by atoms with van der Waals surface area (Å²) in [4.78, 5) is 11.6. The van der Waals surface area contributed by atoms with Crippen molar-refractivity contribution >= 4 is 5.97 Å². The molecule has 0 fully saturated rings. The molecule has 0 saturated carbocycles. The van der Waals surface area contributed by atoms with Gasteiger partial charge < -0.3 is 9.84 Å². The molecule has 0 aromatic rings. The van der Waals surface area contributed by atoms with E-state index in [2.05, 4.69) is 6.92 Å². The molecule has 1 atom stereocenters. The van der Waals surface area contributed by atoms with E-state index in [1.807, 2.05) is 6.92 Å². The molecule has 0 amide bonds. The van der Waals surface area contributed by atoms with Gasteiger partial charge in [-0.25, -0.2) is 0 Å². The maximum Gasteiger partial charge on any atom is 0.305 e. The van der Waals surface area contributed by atoms with E-state index in [-0.39, 0.29) is 12.6 Å². The minimum Gasteiger partial charge on any atom is -0.463 e. The molecule has 0 heterocycles. The predicted octanol–water partition coefficient (Wildman–Crippen LogP) is 7.73. The van der Waals surface area contributed by atoms with Gasteiger partial charge >= 0.3 is 5.97 Å². The summed E-state index contributed by atoms with van der Waals surface area (Å²) < 4.78 is 5.10. The number of esters is 1. The average molecular weight is 399 g/mol. The first-order chi connectivity index (χ1) is 13.7. The van der Waals surface area contributed by atoms with Crippen LogP contribution in [0.1, 0.15) is 142 Å². The summed E-state index contributed by atoms with van der Waals surface area (Å²) in [5, 5.41) is 9.54. The van der Waals surface area contributed by atoms with Crippen LogP contribution in [0, 0.1) is 0 Å². The number of carbonyl (C=O) groups is 1. The Balaban J connectivity index is 3.14. The Bertz CT molecular complexity index is 317. The number of ether oxygens (including phenoxy) is 1. The number of hydrogen-bond donors (Lipinski definition) is 1. The first-order valence-electron chi connectivity index (χ1n) is 12.5. The Labute approximate surface area is 176 Å². The third kappa shape index (κ3) is 21.7. The molecule has 1 unspecified atom stereocenters. The molecule has 0 aromatic carbocycles. The van der Waals surface area contributed by atoms with Gasteiger partial charge in [-0.1, -0.05) is 123 Å². The van der Waals surface area contributed by atoms with Crippen LogP contribution in [0.5, 0.6) is 0 Å². The van der Waals surface area contributed by atoms with Crippen molar-refractivity contribution in [1.29, 1.82) is 0 Å². The van der Waals surface area contributed by atoms with E-state index in [0.717, 1.165) is 19.3 Å². The SMILES string of the molecule is CCCCCCCCCCCCCCCCCCCC(=O)OCC(O)CCC. The van der Waals surface area contributed by atoms with Crippen molar-refractivity contribution in [3.05, 3.63) is 0 Å². The van der Waals surface area contributed by atoms with Gasteiger partial charge in [-0.2, -0.15) is 0 Å². The second-order valence-corrected chi connectivity index (χ2v) is 8.53. The molecule has 168 valence electrons. The molecule has 0 aromatic heterocycles. The Kier molecular flexibility index (Phi) is 22.3. The quantitative estimate of drug-likeness (QED) is 0.150. The summed E-state index contributed by atoms with van der Waals surface area (Å²) >= 11 is 0. The summed E-state index contributed by atoms with van der Waals surface area (Å²) in [7, 11) is 0. The van der Waals surface area contributed by atoms with Crippen molar-refractivity contribution < 1.29 is 14.6 Å². The lowest BCUT2D eigenvalue weighted by Gasteiger charge is -2.10. The first kappa shape index (κ1) is 27.4. The molecule has 1 N–H and O–H groups in total. The number of hydrogen-bond acceptors (Lipinski definition) is 3. The fourth-order valence-electron chi connectivity index (χ4n) is 3.67. The van der Waals surface area contributed by atoms with Crippen molar-refractivity contribution in [1.82, 2.24) is 0 Å². The summed E-state index contributed by atoms with van der Waals surface area (Å²) in [6.07, 6.45) is 24.5. The Morgan fingerprint density at radius 2 is 1.04 bits per heavy atom. The minimum atomic E-state index is -0.496. The van der Waals surface area contributed by atoms with E-state index >= 15 is 0 Å². The molecule has 0 bridgehead atoms. The fourth-order valence-corrected chi connectivity index (χ4v) is 3.67. The third-order valence-electron chi connectivity index (χ3n) is 5.54. The Hall–Kier alpha value is -0.570. The van der Waals surface area contributed by atoms with E-state index in [4.69, 9.17) is 4.74 Å². The third-order valence-corrected chi connectivity index (χ3v) is 5.54. The van der Waals surface area contributed by atoms with Crippen LogP contribution in [0.15, 0.2) is 0 Å². The fraction of sp³-hybridized carbons (Fsp3) is 0.960. The maximum absolute atomic E-state index is 11.6. The van der Waals surface area contributed by atoms with Crippen molar-refractivity contribution in [2.75, 3.05) is 6.61 Å². The minimum absolute atomic E-state index is 0.156. The van der Waals surface area contributed by atoms with Crippen LogP contribution in [-0.2, 0) is 9.53 Å². The van der Waals surface area contributed by atoms with Gasteiger partial charge in [-0.15, -0.1) is 0 Å². The van der Waals surface area contributed by atoms with Crippen LogP contribution in [0.25, 0.3) is 0 Å². The van der Waals surface area contributed by atoms with Gasteiger partial charge in [-0.3, -0.25) is 4.79 Å². The number of aliphatic hydroxyl groups is 1. The first-order valence-corrected chi connectivity index (χ1v) is 12.5. The second-order valence-electron chi connectivity index (χ2n) is 8.53. The largest absolute Gasteiger partial charge is 0.463 e. The molecular formula is C25H50O3. The predicted molar refractivity (Wildman–Crippen MR) is 121 cm³/mol. The number of rotatable bonds is 22. The van der Waals surface area contributed by atoms with Gasteiger partial charge in [-0.05, 0) is 12.8 Å². The van der Waals surface area contributed by atoms with Crippen LogP contribution in [0.4, 0.5) is 0 Å². The summed E-state index contributed by atoms with van der Waals surface area (Å²) in [5.41, 5.74) is 0. The highest BCUT2D eigenvalue weighted by molar-refractivity contribution is 5.69. The molecule has 0 saturated heterocycles. The van der Waals surface area contributed by atoms with Crippen molar-refractivity contribution in [2.24, 2.45) is 0 Å². The molecule has 0 aliphatic carbocycles. The monoisotopic (exact) mass is 398 g/mol. The Morgan fingerprint density at radius 1 is 0.643 bits per heavy atom. The zero-order valence-corrected chi connectivity index (χ0v) is 19.2. The molecule has 0 spiro atoms. The van der Waals surface area contributed by atoms with Crippen LogP contribution in [0.2, 0.25) is 0 Å². The van der Waals surface area contributed by atoms with E-state index in [9.17, 15) is 9.90 Å². The average Bonchev–Trinajstić information content (AvgIpc) is 2.69. The maximum atomic E-state index is 11.6. The van der Waals surface area contributed by atoms with Gasteiger partial charge in [0, 0.05) is 6.42 Å². The summed E-state index contributed by atoms with van der Waals surface area (Å²) in [5.74, 6) is -0.156. The lowest BCUT2D eigenvalue weighted by atomic mass is 10.0. The zero-order valence-electron chi connectivity index (χ0n) is 19.2. The topological polar surface area (TPSA) is 46.5 Å². The number of carbonyl (C=O) groups excluding carboxylic acids is 1. The smallest absolute Gasteiger partial charge is 0.305 e. The molecule has 28 heavy (non-hydrogen) atoms. The summed E-state index contributed by atoms with van der Waals surface area (Å²) in [6, 6.07) is 0. The Morgan fingerprint density at radius 3 is 1.43 bits per heavy atom. The highest BCUT2D eigenvalue weighted by Crippen LogP contribution is 2.14. The second kappa shape index (κ2) is 22.7. The van der Waals surface area contributed by atoms with Gasteiger partial charge in [0.1, 0.15) is 6.61 Å². The lowest BCUT2D eigenvalue weighted by Crippen LogP contribution is -2.18. The molecule has 3 heteroatoms. The molecule has 0 aliphatic heterocycles. The van der Waals surface area contributed by atoms with E-state index < -0.39 is 6.10 Å². The standard InChI is InChI=1S/C25H50O3/c1-3-5-6-7-8-9-10-11-12-13-14-15-16-17-18-19-20-22-25(27)28-23-24(26)21-4-2/h24,26H,3-23H2,1-2H3. The summed E-state index contributed by atoms with van der Waals surface area (Å²) in [6.45, 7) is 4.45. The zero-order chi connectivity index (χ0) is 20.7. The highest BCUT2D eigenvalue weighted by Gasteiger charge is 2.07. The lowest BCUT2D eigenvalue weighted by molar-refractivity contribution is -0.146. The highest BCUT2D eigenvalue weighted by atomic mass is 16.5. The van der Waals surface area contributed by atoms with Crippen LogP contribution >= 0.6 is 0 Å². The van der Waals surface area contributed by atoms with Gasteiger partial charge in [0.2, 0.25) is 0 Å². The number of unbranched alkanes of at least 4 members (excludes halogenated alkanes) is 16. The van der Waals surface area contributed by atoms with E-state index in [0.29, 0.717) is 12.8 Å². The molecular weight excluding hydrogens is 348 g/mol. The molecule has 3 nitrogen and oxygen atoms in total.